The standard InChI is InChI=1S/C17H13BrN4O2S/c18-13-6-7-15(23)12(9-13)10-19-22-16(24)14(20-21-17(22)25)8-11-4-2-1-3-5-11/h1-7,9-10,23H,8H2,(H,21,25)/b19-10+. The fraction of sp³-hybridized carbons (Fsp3) is 0.0588. The third-order valence-electron chi connectivity index (χ3n) is 3.43. The van der Waals surface area contributed by atoms with Crippen LogP contribution < -0.4 is 5.56 Å². The molecular formula is C17H13BrN4O2S. The monoisotopic (exact) mass is 416 g/mol. The van der Waals surface area contributed by atoms with Gasteiger partial charge in [-0.05, 0) is 36.0 Å². The minimum absolute atomic E-state index is 0.0495. The van der Waals surface area contributed by atoms with Crippen LogP contribution in [0.4, 0.5) is 0 Å². The molecule has 126 valence electrons. The van der Waals surface area contributed by atoms with Crippen molar-refractivity contribution >= 4 is 34.4 Å². The zero-order valence-electron chi connectivity index (χ0n) is 12.9. The smallest absolute Gasteiger partial charge is 0.297 e. The second-order valence-corrected chi connectivity index (χ2v) is 6.50. The van der Waals surface area contributed by atoms with Crippen LogP contribution in [0.15, 0.2) is 62.9 Å². The number of phenols is 1. The normalized spacial score (nSPS) is 11.1. The minimum Gasteiger partial charge on any atom is -0.507 e. The Bertz CT molecular complexity index is 1040. The highest BCUT2D eigenvalue weighted by molar-refractivity contribution is 9.10. The van der Waals surface area contributed by atoms with Gasteiger partial charge in [-0.1, -0.05) is 46.3 Å². The Morgan fingerprint density at radius 2 is 2.04 bits per heavy atom. The molecule has 3 aromatic rings. The number of hydrogen-bond donors (Lipinski definition) is 2. The van der Waals surface area contributed by atoms with Crippen molar-refractivity contribution in [2.75, 3.05) is 0 Å². The summed E-state index contributed by atoms with van der Waals surface area (Å²) in [6.07, 6.45) is 1.74. The van der Waals surface area contributed by atoms with E-state index in [4.69, 9.17) is 12.2 Å². The first kappa shape index (κ1) is 17.2. The number of aromatic amines is 1. The molecule has 0 amide bonds. The molecule has 0 unspecified atom stereocenters. The van der Waals surface area contributed by atoms with Gasteiger partial charge in [-0.3, -0.25) is 9.89 Å². The lowest BCUT2D eigenvalue weighted by atomic mass is 10.1. The van der Waals surface area contributed by atoms with E-state index in [2.05, 4.69) is 31.2 Å². The van der Waals surface area contributed by atoms with Crippen LogP contribution in [0.2, 0.25) is 0 Å². The van der Waals surface area contributed by atoms with Crippen LogP contribution >= 0.6 is 28.1 Å². The summed E-state index contributed by atoms with van der Waals surface area (Å²) >= 11 is 8.42. The summed E-state index contributed by atoms with van der Waals surface area (Å²) < 4.78 is 1.91. The highest BCUT2D eigenvalue weighted by atomic mass is 79.9. The van der Waals surface area contributed by atoms with Crippen LogP contribution in [-0.4, -0.2) is 26.2 Å². The molecule has 0 saturated carbocycles. The van der Waals surface area contributed by atoms with E-state index in [1.54, 1.807) is 12.1 Å². The van der Waals surface area contributed by atoms with Gasteiger partial charge in [-0.15, -0.1) is 0 Å². The maximum atomic E-state index is 12.6. The zero-order valence-corrected chi connectivity index (χ0v) is 15.3. The number of phenolic OH excluding ortho intramolecular Hbond substituents is 1. The van der Waals surface area contributed by atoms with Crippen molar-refractivity contribution in [3.05, 3.63) is 84.9 Å². The van der Waals surface area contributed by atoms with E-state index in [0.29, 0.717) is 17.7 Å². The molecule has 0 aliphatic carbocycles. The molecule has 2 aromatic carbocycles. The van der Waals surface area contributed by atoms with Crippen LogP contribution in [0.25, 0.3) is 0 Å². The number of benzene rings is 2. The van der Waals surface area contributed by atoms with E-state index in [1.807, 2.05) is 30.3 Å². The van der Waals surface area contributed by atoms with Gasteiger partial charge in [0, 0.05) is 16.5 Å². The fourth-order valence-corrected chi connectivity index (χ4v) is 2.74. The molecule has 0 radical (unpaired) electrons. The van der Waals surface area contributed by atoms with Gasteiger partial charge in [0.2, 0.25) is 4.77 Å². The van der Waals surface area contributed by atoms with Crippen LogP contribution in [0.5, 0.6) is 5.75 Å². The van der Waals surface area contributed by atoms with Crippen molar-refractivity contribution in [3.8, 4) is 5.75 Å². The van der Waals surface area contributed by atoms with Gasteiger partial charge >= 0.3 is 0 Å². The molecule has 0 aliphatic heterocycles. The van der Waals surface area contributed by atoms with Gasteiger partial charge in [-0.25, -0.2) is 0 Å². The Morgan fingerprint density at radius 1 is 1.28 bits per heavy atom. The molecule has 2 N–H and O–H groups in total. The molecular weight excluding hydrogens is 404 g/mol. The number of nitrogens with zero attached hydrogens (tertiary/aromatic N) is 3. The van der Waals surface area contributed by atoms with E-state index in [1.165, 1.54) is 12.3 Å². The molecule has 25 heavy (non-hydrogen) atoms. The Hall–Kier alpha value is -2.58. The first-order chi connectivity index (χ1) is 12.0. The Morgan fingerprint density at radius 3 is 2.80 bits per heavy atom. The Labute approximate surface area is 156 Å². The van der Waals surface area contributed by atoms with Crippen LogP contribution in [-0.2, 0) is 6.42 Å². The van der Waals surface area contributed by atoms with Gasteiger partial charge in [0.1, 0.15) is 11.4 Å². The predicted octanol–water partition coefficient (Wildman–Crippen LogP) is 3.24. The van der Waals surface area contributed by atoms with Gasteiger partial charge < -0.3 is 5.11 Å². The summed E-state index contributed by atoms with van der Waals surface area (Å²) in [5.74, 6) is 0.0495. The molecule has 3 rings (SSSR count). The summed E-state index contributed by atoms with van der Waals surface area (Å²) in [6.45, 7) is 0. The third-order valence-corrected chi connectivity index (χ3v) is 4.19. The first-order valence-electron chi connectivity index (χ1n) is 7.32. The summed E-state index contributed by atoms with van der Waals surface area (Å²) in [5, 5.41) is 20.6. The average molecular weight is 417 g/mol. The lowest BCUT2D eigenvalue weighted by molar-refractivity contribution is 0.474. The van der Waals surface area contributed by atoms with Gasteiger partial charge in [0.05, 0.1) is 6.21 Å². The van der Waals surface area contributed by atoms with Crippen LogP contribution in [0, 0.1) is 4.77 Å². The number of rotatable bonds is 4. The van der Waals surface area contributed by atoms with E-state index in [-0.39, 0.29) is 10.5 Å². The fourth-order valence-electron chi connectivity index (χ4n) is 2.18. The first-order valence-corrected chi connectivity index (χ1v) is 8.52. The second-order valence-electron chi connectivity index (χ2n) is 5.20. The SMILES string of the molecule is O=c1c(Cc2ccccc2)n[nH]c(=S)n1/N=C/c1cc(Br)ccc1O. The average Bonchev–Trinajstić information content (AvgIpc) is 2.61. The molecule has 0 saturated heterocycles. The van der Waals surface area contributed by atoms with E-state index >= 15 is 0 Å². The van der Waals surface area contributed by atoms with Crippen molar-refractivity contribution in [3.63, 3.8) is 0 Å². The molecule has 1 aromatic heterocycles. The van der Waals surface area contributed by atoms with Crippen molar-refractivity contribution in [2.24, 2.45) is 5.10 Å². The maximum absolute atomic E-state index is 12.6. The summed E-state index contributed by atoms with van der Waals surface area (Å²) in [5.41, 5.74) is 1.31. The van der Waals surface area contributed by atoms with Gasteiger partial charge in [0.25, 0.3) is 5.56 Å². The van der Waals surface area contributed by atoms with Gasteiger partial charge in [0.15, 0.2) is 0 Å². The summed E-state index contributed by atoms with van der Waals surface area (Å²) in [4.78, 5) is 12.6. The third kappa shape index (κ3) is 4.09. The molecule has 0 fully saturated rings. The number of aromatic nitrogens is 3. The molecule has 1 heterocycles. The quantitative estimate of drug-likeness (QED) is 0.505. The second kappa shape index (κ2) is 7.54. The molecule has 0 spiro atoms. The van der Waals surface area contributed by atoms with Crippen molar-refractivity contribution in [2.45, 2.75) is 6.42 Å². The lowest BCUT2D eigenvalue weighted by Gasteiger charge is -2.04. The van der Waals surface area contributed by atoms with Crippen molar-refractivity contribution in [1.29, 1.82) is 0 Å². The lowest BCUT2D eigenvalue weighted by Crippen LogP contribution is -2.25. The number of nitrogens with one attached hydrogen (secondary N) is 1. The summed E-state index contributed by atoms with van der Waals surface area (Å²) in [7, 11) is 0. The Kier molecular flexibility index (Phi) is 5.20. The topological polar surface area (TPSA) is 83.3 Å². The molecule has 8 heteroatoms. The number of aromatic hydroxyl groups is 1. The molecule has 6 nitrogen and oxygen atoms in total. The summed E-state index contributed by atoms with van der Waals surface area (Å²) in [6, 6.07) is 14.4. The van der Waals surface area contributed by atoms with E-state index in [0.717, 1.165) is 14.7 Å². The van der Waals surface area contributed by atoms with Crippen LogP contribution in [0.1, 0.15) is 16.8 Å². The molecule has 0 aliphatic rings. The highest BCUT2D eigenvalue weighted by Crippen LogP contribution is 2.20. The van der Waals surface area contributed by atoms with E-state index in [9.17, 15) is 9.90 Å². The van der Waals surface area contributed by atoms with Gasteiger partial charge in [-0.2, -0.15) is 14.9 Å². The Balaban J connectivity index is 1.98. The number of hydrogen-bond acceptors (Lipinski definition) is 5. The number of halogens is 1. The minimum atomic E-state index is -0.404. The van der Waals surface area contributed by atoms with Crippen molar-refractivity contribution in [1.82, 2.24) is 14.9 Å². The molecule has 0 atom stereocenters. The number of H-pyrrole nitrogens is 1. The van der Waals surface area contributed by atoms with E-state index < -0.39 is 5.56 Å². The predicted molar refractivity (Wildman–Crippen MR) is 102 cm³/mol. The van der Waals surface area contributed by atoms with Crippen LogP contribution in [0.3, 0.4) is 0 Å². The van der Waals surface area contributed by atoms with Crippen molar-refractivity contribution < 1.29 is 5.11 Å². The highest BCUT2D eigenvalue weighted by Gasteiger charge is 2.08. The maximum Gasteiger partial charge on any atom is 0.297 e. The molecule has 0 bridgehead atoms. The largest absolute Gasteiger partial charge is 0.507 e. The zero-order chi connectivity index (χ0) is 17.8.